The monoisotopic (exact) mass is 241 g/mol. The molecule has 4 N–H and O–H groups in total. The second kappa shape index (κ2) is 3.92. The maximum absolute atomic E-state index is 9.40. The number of phenols is 1. The average Bonchev–Trinajstić information content (AvgIpc) is 2.74. The number of imidazole rings is 1. The van der Waals surface area contributed by atoms with Crippen LogP contribution in [0.5, 0.6) is 5.75 Å². The largest absolute Gasteiger partial charge is 0.508 e. The van der Waals surface area contributed by atoms with Gasteiger partial charge in [-0.05, 0) is 12.1 Å². The fourth-order valence-electron chi connectivity index (χ4n) is 1.75. The highest BCUT2D eigenvalue weighted by atomic mass is 16.3. The standard InChI is InChI=1S/C12H11N5O/c13-11-10-7-15-12(17(10)5-4-14-11)16-8-2-1-3-9(18)6-8/h1-7,18H,(H2,13,14)(H,15,16). The van der Waals surface area contributed by atoms with Crippen molar-refractivity contribution in [3.05, 3.63) is 42.9 Å². The van der Waals surface area contributed by atoms with Gasteiger partial charge in [-0.1, -0.05) is 6.07 Å². The summed E-state index contributed by atoms with van der Waals surface area (Å²) >= 11 is 0. The summed E-state index contributed by atoms with van der Waals surface area (Å²) in [5.41, 5.74) is 7.23. The summed E-state index contributed by atoms with van der Waals surface area (Å²) in [7, 11) is 0. The highest BCUT2D eigenvalue weighted by molar-refractivity contribution is 5.68. The van der Waals surface area contributed by atoms with E-state index in [0.717, 1.165) is 11.2 Å². The number of nitrogens with one attached hydrogen (secondary N) is 1. The Morgan fingerprint density at radius 2 is 2.17 bits per heavy atom. The predicted octanol–water partition coefficient (Wildman–Crippen LogP) is 1.76. The van der Waals surface area contributed by atoms with Crippen LogP contribution in [0.25, 0.3) is 5.52 Å². The molecule has 0 aliphatic rings. The van der Waals surface area contributed by atoms with Crippen molar-refractivity contribution in [3.8, 4) is 5.75 Å². The van der Waals surface area contributed by atoms with Crippen LogP contribution in [0.4, 0.5) is 17.5 Å². The molecule has 0 saturated heterocycles. The van der Waals surface area contributed by atoms with Crippen molar-refractivity contribution in [2.24, 2.45) is 0 Å². The number of hydrogen-bond donors (Lipinski definition) is 3. The molecule has 3 aromatic rings. The average molecular weight is 241 g/mol. The minimum atomic E-state index is 0.196. The lowest BCUT2D eigenvalue weighted by molar-refractivity contribution is 0.475. The molecule has 6 heteroatoms. The van der Waals surface area contributed by atoms with Crippen LogP contribution in [-0.4, -0.2) is 19.5 Å². The second-order valence-electron chi connectivity index (χ2n) is 3.82. The molecule has 2 aromatic heterocycles. The second-order valence-corrected chi connectivity index (χ2v) is 3.82. The van der Waals surface area contributed by atoms with E-state index in [1.54, 1.807) is 41.2 Å². The van der Waals surface area contributed by atoms with Crippen LogP contribution in [0.1, 0.15) is 0 Å². The summed E-state index contributed by atoms with van der Waals surface area (Å²) < 4.78 is 1.80. The summed E-state index contributed by atoms with van der Waals surface area (Å²) in [6.07, 6.45) is 5.02. The zero-order valence-electron chi connectivity index (χ0n) is 9.41. The lowest BCUT2D eigenvalue weighted by Crippen LogP contribution is -1.99. The van der Waals surface area contributed by atoms with Gasteiger partial charge in [0, 0.05) is 24.1 Å². The Morgan fingerprint density at radius 1 is 1.28 bits per heavy atom. The highest BCUT2D eigenvalue weighted by Crippen LogP contribution is 2.21. The first-order chi connectivity index (χ1) is 8.74. The van der Waals surface area contributed by atoms with E-state index >= 15 is 0 Å². The Balaban J connectivity index is 2.03. The van der Waals surface area contributed by atoms with E-state index < -0.39 is 0 Å². The normalized spacial score (nSPS) is 10.7. The van der Waals surface area contributed by atoms with Gasteiger partial charge in [0.1, 0.15) is 17.1 Å². The van der Waals surface area contributed by atoms with Gasteiger partial charge >= 0.3 is 0 Å². The summed E-state index contributed by atoms with van der Waals surface area (Å²) in [5.74, 6) is 1.24. The van der Waals surface area contributed by atoms with Gasteiger partial charge in [0.15, 0.2) is 0 Å². The fraction of sp³-hybridized carbons (Fsp3) is 0. The SMILES string of the molecule is Nc1nccn2c(Nc3cccc(O)c3)ncc12. The van der Waals surface area contributed by atoms with E-state index in [4.69, 9.17) is 5.73 Å². The zero-order valence-corrected chi connectivity index (χ0v) is 9.41. The van der Waals surface area contributed by atoms with Crippen LogP contribution >= 0.6 is 0 Å². The molecule has 0 aliphatic heterocycles. The molecule has 6 nitrogen and oxygen atoms in total. The first kappa shape index (κ1) is 10.4. The molecule has 0 bridgehead atoms. The van der Waals surface area contributed by atoms with Crippen molar-refractivity contribution in [2.45, 2.75) is 0 Å². The van der Waals surface area contributed by atoms with Crippen molar-refractivity contribution in [3.63, 3.8) is 0 Å². The Bertz CT molecular complexity index is 707. The molecule has 0 spiro atoms. The van der Waals surface area contributed by atoms with Gasteiger partial charge in [0.05, 0.1) is 6.20 Å². The summed E-state index contributed by atoms with van der Waals surface area (Å²) in [4.78, 5) is 8.22. The molecule has 1 aromatic carbocycles. The van der Waals surface area contributed by atoms with Crippen molar-refractivity contribution in [1.29, 1.82) is 0 Å². The number of nitrogens with two attached hydrogens (primary N) is 1. The molecule has 0 fully saturated rings. The van der Waals surface area contributed by atoms with Crippen LogP contribution in [-0.2, 0) is 0 Å². The van der Waals surface area contributed by atoms with Gasteiger partial charge in [-0.25, -0.2) is 9.97 Å². The molecule has 0 saturated carbocycles. The van der Waals surface area contributed by atoms with E-state index in [1.807, 2.05) is 6.07 Å². The minimum absolute atomic E-state index is 0.196. The number of fused-ring (bicyclic) bond motifs is 1. The van der Waals surface area contributed by atoms with Crippen molar-refractivity contribution in [1.82, 2.24) is 14.4 Å². The van der Waals surface area contributed by atoms with Crippen molar-refractivity contribution < 1.29 is 5.11 Å². The lowest BCUT2D eigenvalue weighted by atomic mass is 10.3. The maximum atomic E-state index is 9.40. The number of nitrogens with zero attached hydrogens (tertiary/aromatic N) is 3. The Hall–Kier alpha value is -2.76. The molecule has 0 radical (unpaired) electrons. The molecular formula is C12H11N5O. The topological polar surface area (TPSA) is 88.5 Å². The maximum Gasteiger partial charge on any atom is 0.212 e. The molecular weight excluding hydrogens is 230 g/mol. The number of anilines is 3. The molecule has 90 valence electrons. The predicted molar refractivity (Wildman–Crippen MR) is 68.8 cm³/mol. The third-order valence-electron chi connectivity index (χ3n) is 2.59. The Morgan fingerprint density at radius 3 is 3.00 bits per heavy atom. The molecule has 0 amide bonds. The molecule has 18 heavy (non-hydrogen) atoms. The summed E-state index contributed by atoms with van der Waals surface area (Å²) in [6.45, 7) is 0. The van der Waals surface area contributed by atoms with Gasteiger partial charge in [0.2, 0.25) is 5.95 Å². The van der Waals surface area contributed by atoms with Crippen molar-refractivity contribution >= 4 is 23.0 Å². The summed E-state index contributed by atoms with van der Waals surface area (Å²) in [5, 5.41) is 12.5. The number of rotatable bonds is 2. The number of nitrogen functional groups attached to an aromatic ring is 1. The number of aromatic nitrogens is 3. The van der Waals surface area contributed by atoms with E-state index in [2.05, 4.69) is 15.3 Å². The van der Waals surface area contributed by atoms with Crippen LogP contribution in [0.15, 0.2) is 42.9 Å². The lowest BCUT2D eigenvalue weighted by Gasteiger charge is -2.05. The van der Waals surface area contributed by atoms with Crippen LogP contribution in [0.2, 0.25) is 0 Å². The highest BCUT2D eigenvalue weighted by Gasteiger charge is 2.06. The molecule has 0 aliphatic carbocycles. The third kappa shape index (κ3) is 1.69. The van der Waals surface area contributed by atoms with E-state index in [1.165, 1.54) is 0 Å². The van der Waals surface area contributed by atoms with E-state index in [9.17, 15) is 5.11 Å². The Labute approximate surface area is 103 Å². The smallest absolute Gasteiger partial charge is 0.212 e. The fourth-order valence-corrected chi connectivity index (χ4v) is 1.75. The first-order valence-electron chi connectivity index (χ1n) is 5.37. The molecule has 3 rings (SSSR count). The molecule has 2 heterocycles. The number of aromatic hydroxyl groups is 1. The third-order valence-corrected chi connectivity index (χ3v) is 2.59. The Kier molecular flexibility index (Phi) is 2.26. The van der Waals surface area contributed by atoms with E-state index in [-0.39, 0.29) is 5.75 Å². The van der Waals surface area contributed by atoms with Gasteiger partial charge in [-0.3, -0.25) is 4.40 Å². The first-order valence-corrected chi connectivity index (χ1v) is 5.37. The zero-order chi connectivity index (χ0) is 12.5. The van der Waals surface area contributed by atoms with E-state index in [0.29, 0.717) is 11.8 Å². The number of benzene rings is 1. The van der Waals surface area contributed by atoms with Gasteiger partial charge in [-0.15, -0.1) is 0 Å². The molecule has 0 unspecified atom stereocenters. The van der Waals surface area contributed by atoms with Gasteiger partial charge in [-0.2, -0.15) is 0 Å². The molecule has 0 atom stereocenters. The summed E-state index contributed by atoms with van der Waals surface area (Å²) in [6, 6.07) is 6.82. The quantitative estimate of drug-likeness (QED) is 0.636. The van der Waals surface area contributed by atoms with Gasteiger partial charge in [0.25, 0.3) is 0 Å². The minimum Gasteiger partial charge on any atom is -0.508 e. The number of phenolic OH excluding ortho intramolecular Hbond substituents is 1. The van der Waals surface area contributed by atoms with Crippen LogP contribution in [0, 0.1) is 0 Å². The van der Waals surface area contributed by atoms with Crippen molar-refractivity contribution in [2.75, 3.05) is 11.1 Å². The van der Waals surface area contributed by atoms with Crippen LogP contribution in [0.3, 0.4) is 0 Å². The van der Waals surface area contributed by atoms with Crippen LogP contribution < -0.4 is 11.1 Å². The van der Waals surface area contributed by atoms with Gasteiger partial charge < -0.3 is 16.2 Å². The number of hydrogen-bond acceptors (Lipinski definition) is 5.